The number of imidazole rings is 1. The third-order valence-electron chi connectivity index (χ3n) is 3.55. The number of fused-ring (bicyclic) bond motifs is 1. The van der Waals surface area contributed by atoms with Crippen LogP contribution in [0.4, 0.5) is 5.95 Å². The summed E-state index contributed by atoms with van der Waals surface area (Å²) in [4.78, 5) is 12.7. The first kappa shape index (κ1) is 16.4. The first-order chi connectivity index (χ1) is 10.9. The van der Waals surface area contributed by atoms with Gasteiger partial charge in [0.05, 0.1) is 12.9 Å². The number of nitrogen functional groups attached to an aromatic ring is 1. The number of nitrogens with two attached hydrogens (primary N) is 1. The smallest absolute Gasteiger partial charge is 0.223 e. The Kier molecular flexibility index (Phi) is 4.43. The van der Waals surface area contributed by atoms with E-state index in [4.69, 9.17) is 10.5 Å². The van der Waals surface area contributed by atoms with Crippen molar-refractivity contribution in [2.75, 3.05) is 12.3 Å². The van der Waals surface area contributed by atoms with Crippen molar-refractivity contribution >= 4 is 28.9 Å². The van der Waals surface area contributed by atoms with Crippen LogP contribution in [0.15, 0.2) is 11.4 Å². The number of hydrogen-bond donors (Lipinski definition) is 4. The molecule has 0 bridgehead atoms. The molecule has 1 saturated heterocycles. The van der Waals surface area contributed by atoms with Crippen molar-refractivity contribution in [3.05, 3.63) is 6.33 Å². The number of ether oxygens (including phenoxy) is 1. The lowest BCUT2D eigenvalue weighted by Gasteiger charge is -2.16. The lowest BCUT2D eigenvalue weighted by atomic mass is 10.1. The largest absolute Gasteiger partial charge is 0.394 e. The zero-order valence-corrected chi connectivity index (χ0v) is 13.5. The molecule has 0 aliphatic carbocycles. The Morgan fingerprint density at radius 1 is 1.35 bits per heavy atom. The molecule has 4 unspecified atom stereocenters. The molecule has 10 heteroatoms. The predicted molar refractivity (Wildman–Crippen MR) is 83.7 cm³/mol. The fourth-order valence-electron chi connectivity index (χ4n) is 2.51. The highest BCUT2D eigenvalue weighted by molar-refractivity contribution is 8.00. The fourth-order valence-corrected chi connectivity index (χ4v) is 3.36. The van der Waals surface area contributed by atoms with E-state index >= 15 is 0 Å². The second-order valence-electron chi connectivity index (χ2n) is 5.61. The van der Waals surface area contributed by atoms with Gasteiger partial charge in [0.1, 0.15) is 28.9 Å². The van der Waals surface area contributed by atoms with Gasteiger partial charge >= 0.3 is 0 Å². The summed E-state index contributed by atoms with van der Waals surface area (Å²) in [5, 5.41) is 30.2. The maximum atomic E-state index is 10.2. The normalized spacial score (nSPS) is 28.1. The molecule has 0 spiro atoms. The summed E-state index contributed by atoms with van der Waals surface area (Å²) in [7, 11) is 0. The first-order valence-electron chi connectivity index (χ1n) is 7.21. The average molecular weight is 341 g/mol. The van der Waals surface area contributed by atoms with E-state index in [1.807, 2.05) is 13.8 Å². The van der Waals surface area contributed by atoms with E-state index in [1.165, 1.54) is 22.7 Å². The molecular weight excluding hydrogens is 322 g/mol. The van der Waals surface area contributed by atoms with Gasteiger partial charge in [0.2, 0.25) is 5.95 Å². The molecule has 0 saturated carbocycles. The lowest BCUT2D eigenvalue weighted by Crippen LogP contribution is -2.33. The minimum absolute atomic E-state index is 0.0918. The molecule has 3 rings (SSSR count). The van der Waals surface area contributed by atoms with Crippen LogP contribution >= 0.6 is 11.8 Å². The van der Waals surface area contributed by atoms with Crippen LogP contribution in [0.2, 0.25) is 0 Å². The number of thioether (sulfide) groups is 1. The molecule has 2 aromatic heterocycles. The van der Waals surface area contributed by atoms with Crippen LogP contribution in [0, 0.1) is 0 Å². The molecule has 1 aliphatic rings. The molecular formula is C13H19N5O4S. The van der Waals surface area contributed by atoms with Crippen molar-refractivity contribution in [3.63, 3.8) is 0 Å². The molecule has 126 valence electrons. The standard InChI is InChI=1S/C13H19N5O4S/c1-5(2)23-11-7-10(16-13(14)17-11)18(4-15-7)12-9(21)8(20)6(3-19)22-12/h4-6,8-9,12,19-21H,3H2,1-2H3,(H2,14,16,17). The van der Waals surface area contributed by atoms with Crippen molar-refractivity contribution in [1.29, 1.82) is 0 Å². The summed E-state index contributed by atoms with van der Waals surface area (Å²) in [5.74, 6) is 0.0918. The summed E-state index contributed by atoms with van der Waals surface area (Å²) in [6.45, 7) is 3.66. The van der Waals surface area contributed by atoms with Crippen LogP contribution in [-0.4, -0.2) is 65.0 Å². The van der Waals surface area contributed by atoms with Gasteiger partial charge in [0.25, 0.3) is 0 Å². The second kappa shape index (κ2) is 6.21. The minimum Gasteiger partial charge on any atom is -0.394 e. The Labute approximate surface area is 136 Å². The molecule has 1 aliphatic heterocycles. The summed E-state index contributed by atoms with van der Waals surface area (Å²) < 4.78 is 7.01. The zero-order valence-electron chi connectivity index (χ0n) is 12.7. The van der Waals surface area contributed by atoms with Crippen LogP contribution < -0.4 is 5.73 Å². The van der Waals surface area contributed by atoms with Crippen molar-refractivity contribution in [2.45, 2.75) is 48.7 Å². The van der Waals surface area contributed by atoms with E-state index in [0.29, 0.717) is 16.2 Å². The quantitative estimate of drug-likeness (QED) is 0.429. The highest BCUT2D eigenvalue weighted by atomic mass is 32.2. The predicted octanol–water partition coefficient (Wildman–Crippen LogP) is -0.480. The van der Waals surface area contributed by atoms with Crippen LogP contribution in [-0.2, 0) is 4.74 Å². The molecule has 4 atom stereocenters. The molecule has 2 aromatic rings. The number of aliphatic hydroxyl groups excluding tert-OH is 3. The van der Waals surface area contributed by atoms with E-state index in [2.05, 4.69) is 15.0 Å². The van der Waals surface area contributed by atoms with Crippen LogP contribution in [0.25, 0.3) is 11.2 Å². The van der Waals surface area contributed by atoms with Gasteiger partial charge in [-0.1, -0.05) is 13.8 Å². The number of rotatable bonds is 4. The Bertz CT molecular complexity index is 709. The molecule has 0 aromatic carbocycles. The van der Waals surface area contributed by atoms with Crippen molar-refractivity contribution in [2.24, 2.45) is 0 Å². The molecule has 23 heavy (non-hydrogen) atoms. The van der Waals surface area contributed by atoms with Crippen molar-refractivity contribution < 1.29 is 20.1 Å². The number of hydrogen-bond acceptors (Lipinski definition) is 9. The van der Waals surface area contributed by atoms with Gasteiger partial charge < -0.3 is 25.8 Å². The number of aliphatic hydroxyl groups is 3. The third-order valence-corrected chi connectivity index (χ3v) is 4.52. The molecule has 3 heterocycles. The monoisotopic (exact) mass is 341 g/mol. The molecule has 1 fully saturated rings. The molecule has 0 amide bonds. The molecule has 0 radical (unpaired) electrons. The number of anilines is 1. The summed E-state index contributed by atoms with van der Waals surface area (Å²) in [6, 6.07) is 0. The van der Waals surface area contributed by atoms with E-state index < -0.39 is 31.1 Å². The SMILES string of the molecule is CC(C)Sc1nc(N)nc2c1ncn2C1OC(CO)C(O)C1O. The van der Waals surface area contributed by atoms with Crippen LogP contribution in [0.5, 0.6) is 0 Å². The lowest BCUT2D eigenvalue weighted by molar-refractivity contribution is -0.0511. The van der Waals surface area contributed by atoms with Gasteiger partial charge in [-0.25, -0.2) is 9.97 Å². The van der Waals surface area contributed by atoms with Gasteiger partial charge in [-0.15, -0.1) is 11.8 Å². The second-order valence-corrected chi connectivity index (χ2v) is 7.17. The van der Waals surface area contributed by atoms with Crippen molar-refractivity contribution in [1.82, 2.24) is 19.5 Å². The summed E-state index contributed by atoms with van der Waals surface area (Å²) >= 11 is 1.50. The summed E-state index contributed by atoms with van der Waals surface area (Å²) in [6.07, 6.45) is -2.70. The minimum atomic E-state index is -1.21. The van der Waals surface area contributed by atoms with Gasteiger partial charge in [0.15, 0.2) is 11.9 Å². The maximum Gasteiger partial charge on any atom is 0.223 e. The summed E-state index contributed by atoms with van der Waals surface area (Å²) in [5.41, 5.74) is 6.74. The highest BCUT2D eigenvalue weighted by Crippen LogP contribution is 2.34. The molecule has 5 N–H and O–H groups in total. The fraction of sp³-hybridized carbons (Fsp3) is 0.615. The Morgan fingerprint density at radius 3 is 2.70 bits per heavy atom. The van der Waals surface area contributed by atoms with Gasteiger partial charge in [0, 0.05) is 5.25 Å². The van der Waals surface area contributed by atoms with Gasteiger partial charge in [-0.2, -0.15) is 4.98 Å². The number of aromatic nitrogens is 4. The number of nitrogens with zero attached hydrogens (tertiary/aromatic N) is 4. The van der Waals surface area contributed by atoms with Crippen LogP contribution in [0.1, 0.15) is 20.1 Å². The Morgan fingerprint density at radius 2 is 2.09 bits per heavy atom. The van der Waals surface area contributed by atoms with E-state index in [1.54, 1.807) is 0 Å². The zero-order chi connectivity index (χ0) is 16.7. The van der Waals surface area contributed by atoms with E-state index in [-0.39, 0.29) is 11.2 Å². The molecule has 9 nitrogen and oxygen atoms in total. The highest BCUT2D eigenvalue weighted by Gasteiger charge is 2.44. The average Bonchev–Trinajstić information content (AvgIpc) is 3.01. The Balaban J connectivity index is 2.04. The first-order valence-corrected chi connectivity index (χ1v) is 8.09. The topological polar surface area (TPSA) is 140 Å². The Hall–Kier alpha value is -1.46. The van der Waals surface area contributed by atoms with Crippen molar-refractivity contribution in [3.8, 4) is 0 Å². The maximum absolute atomic E-state index is 10.2. The van der Waals surface area contributed by atoms with E-state index in [0.717, 1.165) is 0 Å². The van der Waals surface area contributed by atoms with Crippen LogP contribution in [0.3, 0.4) is 0 Å². The van der Waals surface area contributed by atoms with E-state index in [9.17, 15) is 15.3 Å². The van der Waals surface area contributed by atoms with Gasteiger partial charge in [-0.05, 0) is 0 Å². The van der Waals surface area contributed by atoms with Gasteiger partial charge in [-0.3, -0.25) is 4.57 Å². The third kappa shape index (κ3) is 2.88.